The van der Waals surface area contributed by atoms with Crippen LogP contribution < -0.4 is 0 Å². The molecule has 3 N–H and O–H groups in total. The highest BCUT2D eigenvalue weighted by atomic mass is 31.2. The second-order valence-electron chi connectivity index (χ2n) is 30.2. The first-order chi connectivity index (χ1) is 48.9. The summed E-state index contributed by atoms with van der Waals surface area (Å²) in [6, 6.07) is 0. The van der Waals surface area contributed by atoms with Crippen LogP contribution >= 0.6 is 15.6 Å². The highest BCUT2D eigenvalue weighted by Gasteiger charge is 2.30. The molecule has 0 aromatic rings. The van der Waals surface area contributed by atoms with E-state index < -0.39 is 97.5 Å². The van der Waals surface area contributed by atoms with Crippen molar-refractivity contribution in [2.75, 3.05) is 39.6 Å². The Labute approximate surface area is 619 Å². The summed E-state index contributed by atoms with van der Waals surface area (Å²) in [6.45, 7) is 9.67. The topological polar surface area (TPSA) is 237 Å². The number of ether oxygens (including phenoxy) is 4. The number of unbranched alkanes of at least 4 members (excludes halogenated alkanes) is 50. The van der Waals surface area contributed by atoms with E-state index in [0.29, 0.717) is 25.7 Å². The van der Waals surface area contributed by atoms with Crippen molar-refractivity contribution in [1.29, 1.82) is 0 Å². The zero-order chi connectivity index (χ0) is 74.2. The maximum atomic E-state index is 13.1. The van der Waals surface area contributed by atoms with Crippen LogP contribution in [-0.2, 0) is 65.4 Å². The third kappa shape index (κ3) is 74.7. The Morgan fingerprint density at radius 2 is 0.505 bits per heavy atom. The van der Waals surface area contributed by atoms with Crippen LogP contribution in [-0.4, -0.2) is 96.7 Å². The Hall–Kier alpha value is -1.94. The Morgan fingerprint density at radius 1 is 0.287 bits per heavy atom. The molecule has 0 aromatic heterocycles. The first-order valence-corrected chi connectivity index (χ1v) is 45.5. The monoisotopic (exact) mass is 1480 g/mol. The van der Waals surface area contributed by atoms with Crippen molar-refractivity contribution < 1.29 is 80.2 Å². The van der Waals surface area contributed by atoms with Crippen molar-refractivity contribution in [3.8, 4) is 0 Å². The third-order valence-electron chi connectivity index (χ3n) is 19.6. The van der Waals surface area contributed by atoms with Gasteiger partial charge >= 0.3 is 39.5 Å². The van der Waals surface area contributed by atoms with Gasteiger partial charge in [-0.15, -0.1) is 0 Å². The number of hydrogen-bond acceptors (Lipinski definition) is 15. The standard InChI is InChI=1S/C82H160O17P2/c1-7-10-12-14-16-18-20-22-23-24-25-29-32-36-40-47-53-59-65-80(85)92-70-77(98-81(86)66-60-54-48-41-37-33-30-27-26-28-31-34-38-44-50-56-62-74(4)5)72-96-100(88,89)94-68-76(83)69-95-101(90,91)97-73-78(99-82(87)67-61-55-49-43-42-45-51-57-63-75(6)9-3)71-93-79(84)64-58-52-46-39-35-21-19-17-15-13-11-8-2/h74-78,83H,7-73H2,1-6H3,(H,88,89)(H,90,91)/t75?,76-,77-,78-/m1/s1. The molecule has 0 heterocycles. The molecule has 0 aliphatic rings. The van der Waals surface area contributed by atoms with Gasteiger partial charge in [0, 0.05) is 25.7 Å². The summed E-state index contributed by atoms with van der Waals surface area (Å²) in [7, 11) is -9.92. The summed E-state index contributed by atoms with van der Waals surface area (Å²) >= 11 is 0. The second-order valence-corrected chi connectivity index (χ2v) is 33.1. The summed E-state index contributed by atoms with van der Waals surface area (Å²) < 4.78 is 68.8. The zero-order valence-corrected chi connectivity index (χ0v) is 68.0. The van der Waals surface area contributed by atoms with E-state index in [9.17, 15) is 43.2 Å². The molecule has 0 fully saturated rings. The van der Waals surface area contributed by atoms with E-state index in [-0.39, 0.29) is 25.7 Å². The maximum Gasteiger partial charge on any atom is 0.472 e. The normalized spacial score (nSPS) is 14.2. The minimum absolute atomic E-state index is 0.106. The largest absolute Gasteiger partial charge is 0.472 e. The van der Waals surface area contributed by atoms with Crippen LogP contribution in [0.3, 0.4) is 0 Å². The van der Waals surface area contributed by atoms with Gasteiger partial charge in [-0.3, -0.25) is 37.3 Å². The Balaban J connectivity index is 5.24. The summed E-state index contributed by atoms with van der Waals surface area (Å²) in [5.41, 5.74) is 0. The number of aliphatic hydroxyl groups is 1. The summed E-state index contributed by atoms with van der Waals surface area (Å²) in [5.74, 6) is -0.528. The molecular formula is C82H160O17P2. The van der Waals surface area contributed by atoms with Crippen molar-refractivity contribution in [3.05, 3.63) is 0 Å². The van der Waals surface area contributed by atoms with E-state index in [1.807, 2.05) is 0 Å². The second kappa shape index (κ2) is 73.6. The molecule has 6 atom stereocenters. The fourth-order valence-electron chi connectivity index (χ4n) is 12.7. The molecule has 0 aliphatic carbocycles. The van der Waals surface area contributed by atoms with Gasteiger partial charge < -0.3 is 33.8 Å². The van der Waals surface area contributed by atoms with Crippen LogP contribution in [0.4, 0.5) is 0 Å². The minimum atomic E-state index is -4.96. The average Bonchev–Trinajstić information content (AvgIpc) is 1.03. The molecule has 0 radical (unpaired) electrons. The van der Waals surface area contributed by atoms with Gasteiger partial charge in [-0.1, -0.05) is 382 Å². The molecule has 101 heavy (non-hydrogen) atoms. The lowest BCUT2D eigenvalue weighted by Crippen LogP contribution is -2.30. The van der Waals surface area contributed by atoms with Gasteiger partial charge in [0.15, 0.2) is 12.2 Å². The molecule has 0 saturated heterocycles. The van der Waals surface area contributed by atoms with E-state index in [4.69, 9.17) is 37.0 Å². The highest BCUT2D eigenvalue weighted by Crippen LogP contribution is 2.45. The van der Waals surface area contributed by atoms with Gasteiger partial charge in [-0.05, 0) is 37.5 Å². The average molecular weight is 1480 g/mol. The smallest absolute Gasteiger partial charge is 0.462 e. The van der Waals surface area contributed by atoms with Crippen LogP contribution in [0.2, 0.25) is 0 Å². The number of rotatable bonds is 81. The minimum Gasteiger partial charge on any atom is -0.462 e. The molecule has 0 rings (SSSR count). The molecule has 0 saturated carbocycles. The van der Waals surface area contributed by atoms with E-state index >= 15 is 0 Å². The zero-order valence-electron chi connectivity index (χ0n) is 66.2. The maximum absolute atomic E-state index is 13.1. The number of aliphatic hydroxyl groups excluding tert-OH is 1. The fraction of sp³-hybridized carbons (Fsp3) is 0.951. The van der Waals surface area contributed by atoms with Crippen LogP contribution in [0.25, 0.3) is 0 Å². The summed E-state index contributed by atoms with van der Waals surface area (Å²) in [4.78, 5) is 73.1. The number of phosphoric ester groups is 2. The van der Waals surface area contributed by atoms with Crippen LogP contribution in [0.5, 0.6) is 0 Å². The molecule has 17 nitrogen and oxygen atoms in total. The van der Waals surface area contributed by atoms with Gasteiger partial charge in [0.05, 0.1) is 26.4 Å². The van der Waals surface area contributed by atoms with Crippen molar-refractivity contribution in [2.24, 2.45) is 11.8 Å². The molecule has 0 aliphatic heterocycles. The van der Waals surface area contributed by atoms with Crippen molar-refractivity contribution >= 4 is 39.5 Å². The van der Waals surface area contributed by atoms with Gasteiger partial charge in [-0.2, -0.15) is 0 Å². The number of phosphoric acid groups is 2. The van der Waals surface area contributed by atoms with Gasteiger partial charge in [0.25, 0.3) is 0 Å². The molecule has 0 aromatic carbocycles. The van der Waals surface area contributed by atoms with E-state index in [1.54, 1.807) is 0 Å². The molecule has 0 bridgehead atoms. The molecule has 0 spiro atoms. The summed E-state index contributed by atoms with van der Waals surface area (Å²) in [6.07, 6.45) is 63.7. The SMILES string of the molecule is CCCCCCCCCCCCCCCCCCCCC(=O)OC[C@H](COP(=O)(O)OC[C@@H](O)COP(=O)(O)OC[C@@H](COC(=O)CCCCCCCCCCCCCC)OC(=O)CCCCCCCCCCC(C)CC)OC(=O)CCCCCCCCCCCCCCCCCCC(C)C. The molecule has 600 valence electrons. The molecular weight excluding hydrogens is 1320 g/mol. The third-order valence-corrected chi connectivity index (χ3v) is 21.5. The van der Waals surface area contributed by atoms with Gasteiger partial charge in [-0.25, -0.2) is 9.13 Å². The van der Waals surface area contributed by atoms with Crippen LogP contribution in [0.1, 0.15) is 433 Å². The Kier molecular flexibility index (Phi) is 72.2. The van der Waals surface area contributed by atoms with E-state index in [1.165, 1.54) is 250 Å². The Bertz CT molecular complexity index is 1940. The van der Waals surface area contributed by atoms with Crippen LogP contribution in [0.15, 0.2) is 0 Å². The van der Waals surface area contributed by atoms with Crippen LogP contribution in [0, 0.1) is 11.8 Å². The number of esters is 4. The van der Waals surface area contributed by atoms with E-state index in [0.717, 1.165) is 102 Å². The lowest BCUT2D eigenvalue weighted by atomic mass is 9.99. The van der Waals surface area contributed by atoms with Gasteiger partial charge in [0.2, 0.25) is 0 Å². The van der Waals surface area contributed by atoms with Crippen molar-refractivity contribution in [2.45, 2.75) is 452 Å². The Morgan fingerprint density at radius 3 is 0.752 bits per heavy atom. The molecule has 3 unspecified atom stereocenters. The number of hydrogen-bond donors (Lipinski definition) is 3. The molecule has 19 heteroatoms. The highest BCUT2D eigenvalue weighted by molar-refractivity contribution is 7.47. The predicted octanol–water partition coefficient (Wildman–Crippen LogP) is 24.7. The number of carbonyl (C=O) groups excluding carboxylic acids is 4. The first-order valence-electron chi connectivity index (χ1n) is 42.5. The first kappa shape index (κ1) is 99.1. The fourth-order valence-corrected chi connectivity index (χ4v) is 14.3. The number of carbonyl (C=O) groups is 4. The molecule has 0 amide bonds. The summed E-state index contributed by atoms with van der Waals surface area (Å²) in [5, 5.41) is 10.6. The lowest BCUT2D eigenvalue weighted by Gasteiger charge is -2.21. The quantitative estimate of drug-likeness (QED) is 0.0222. The van der Waals surface area contributed by atoms with Crippen molar-refractivity contribution in [1.82, 2.24) is 0 Å². The van der Waals surface area contributed by atoms with Crippen molar-refractivity contribution in [3.63, 3.8) is 0 Å². The van der Waals surface area contributed by atoms with E-state index in [2.05, 4.69) is 41.5 Å². The predicted molar refractivity (Wildman–Crippen MR) is 414 cm³/mol. The van der Waals surface area contributed by atoms with Gasteiger partial charge in [0.1, 0.15) is 19.3 Å². The lowest BCUT2D eigenvalue weighted by molar-refractivity contribution is -0.161.